The number of carbonyl (C=O) groups excluding carboxylic acids is 1. The maximum absolute atomic E-state index is 13.3. The summed E-state index contributed by atoms with van der Waals surface area (Å²) in [5.74, 6) is 1.44. The first kappa shape index (κ1) is 20.6. The van der Waals surface area contributed by atoms with E-state index in [1.54, 1.807) is 13.2 Å². The molecule has 0 saturated carbocycles. The minimum Gasteiger partial charge on any atom is -0.497 e. The molecule has 2 aromatic carbocycles. The molecule has 30 heavy (non-hydrogen) atoms. The van der Waals surface area contributed by atoms with Crippen molar-refractivity contribution in [3.63, 3.8) is 0 Å². The van der Waals surface area contributed by atoms with Gasteiger partial charge in [-0.3, -0.25) is 4.79 Å². The number of nitrogens with one attached hydrogen (secondary N) is 2. The first-order valence-corrected chi connectivity index (χ1v) is 10.8. The summed E-state index contributed by atoms with van der Waals surface area (Å²) in [6, 6.07) is 12.9. The Labute approximate surface area is 184 Å². The molecule has 4 rings (SSSR count). The normalized spacial score (nSPS) is 17.7. The number of benzene rings is 2. The van der Waals surface area contributed by atoms with Gasteiger partial charge >= 0.3 is 0 Å². The second kappa shape index (κ2) is 8.57. The van der Waals surface area contributed by atoms with E-state index in [4.69, 9.17) is 16.3 Å². The fourth-order valence-electron chi connectivity index (χ4n) is 3.27. The lowest BCUT2D eigenvalue weighted by molar-refractivity contribution is -0.116. The Hall–Kier alpha value is -2.71. The van der Waals surface area contributed by atoms with Gasteiger partial charge in [0.1, 0.15) is 11.0 Å². The van der Waals surface area contributed by atoms with Crippen LogP contribution in [0.4, 0.5) is 5.69 Å². The summed E-state index contributed by atoms with van der Waals surface area (Å²) in [6.07, 6.45) is 0.731. The molecular formula is C21H22ClN5O2S. The summed E-state index contributed by atoms with van der Waals surface area (Å²) in [7, 11) is 1.63. The first-order valence-electron chi connectivity index (χ1n) is 9.58. The SMILES string of the molecule is CCc1nnc2n1NC(c1ccc(OC)cc1)C(C(=O)Nc1ccc(C)c(Cl)c1)S2. The number of hydrogen-bond acceptors (Lipinski definition) is 6. The largest absolute Gasteiger partial charge is 0.497 e. The highest BCUT2D eigenvalue weighted by Crippen LogP contribution is 2.38. The molecule has 156 valence electrons. The van der Waals surface area contributed by atoms with Crippen molar-refractivity contribution in [3.8, 4) is 5.75 Å². The molecule has 2 atom stereocenters. The van der Waals surface area contributed by atoms with Crippen molar-refractivity contribution in [1.82, 2.24) is 14.9 Å². The van der Waals surface area contributed by atoms with Crippen molar-refractivity contribution in [2.24, 2.45) is 0 Å². The topological polar surface area (TPSA) is 81.1 Å². The molecule has 9 heteroatoms. The Balaban J connectivity index is 1.66. The average molecular weight is 444 g/mol. The van der Waals surface area contributed by atoms with Gasteiger partial charge < -0.3 is 15.5 Å². The Morgan fingerprint density at radius 3 is 2.70 bits per heavy atom. The lowest BCUT2D eigenvalue weighted by atomic mass is 10.0. The van der Waals surface area contributed by atoms with Crippen molar-refractivity contribution >= 4 is 35.0 Å². The zero-order valence-corrected chi connectivity index (χ0v) is 18.4. The summed E-state index contributed by atoms with van der Waals surface area (Å²) in [6.45, 7) is 3.94. The van der Waals surface area contributed by atoms with Gasteiger partial charge in [-0.15, -0.1) is 10.2 Å². The molecule has 0 saturated heterocycles. The first-order chi connectivity index (χ1) is 14.5. The van der Waals surface area contributed by atoms with E-state index in [1.807, 2.05) is 54.9 Å². The van der Waals surface area contributed by atoms with Gasteiger partial charge in [0.15, 0.2) is 5.82 Å². The van der Waals surface area contributed by atoms with Crippen LogP contribution in [-0.4, -0.2) is 33.1 Å². The van der Waals surface area contributed by atoms with E-state index in [-0.39, 0.29) is 11.9 Å². The molecule has 2 unspecified atom stereocenters. The number of methoxy groups -OCH3 is 1. The fraction of sp³-hybridized carbons (Fsp3) is 0.286. The van der Waals surface area contributed by atoms with E-state index < -0.39 is 5.25 Å². The molecule has 2 heterocycles. The van der Waals surface area contributed by atoms with Crippen molar-refractivity contribution in [1.29, 1.82) is 0 Å². The molecule has 0 aliphatic carbocycles. The highest BCUT2D eigenvalue weighted by atomic mass is 35.5. The van der Waals surface area contributed by atoms with Gasteiger partial charge in [0.25, 0.3) is 0 Å². The Morgan fingerprint density at radius 1 is 1.27 bits per heavy atom. The number of carbonyl (C=O) groups is 1. The molecule has 1 amide bonds. The highest BCUT2D eigenvalue weighted by molar-refractivity contribution is 8.00. The minimum atomic E-state index is -0.458. The number of amides is 1. The van der Waals surface area contributed by atoms with E-state index in [2.05, 4.69) is 20.9 Å². The monoisotopic (exact) mass is 443 g/mol. The molecule has 3 aromatic rings. The number of halogens is 1. The molecule has 2 N–H and O–H groups in total. The maximum Gasteiger partial charge on any atom is 0.240 e. The van der Waals surface area contributed by atoms with E-state index in [9.17, 15) is 4.79 Å². The van der Waals surface area contributed by atoms with Crippen LogP contribution in [0.1, 0.15) is 29.9 Å². The number of ether oxygens (including phenoxy) is 1. The second-order valence-electron chi connectivity index (χ2n) is 6.96. The van der Waals surface area contributed by atoms with Crippen LogP contribution >= 0.6 is 23.4 Å². The van der Waals surface area contributed by atoms with Crippen molar-refractivity contribution in [3.05, 3.63) is 64.4 Å². The van der Waals surface area contributed by atoms with Crippen LogP contribution in [0.3, 0.4) is 0 Å². The molecular weight excluding hydrogens is 422 g/mol. The lowest BCUT2D eigenvalue weighted by Gasteiger charge is -2.33. The molecule has 1 aliphatic rings. The van der Waals surface area contributed by atoms with Gasteiger partial charge in [-0.05, 0) is 42.3 Å². The molecule has 0 spiro atoms. The Bertz CT molecular complexity index is 1070. The highest BCUT2D eigenvalue weighted by Gasteiger charge is 2.37. The number of hydrogen-bond donors (Lipinski definition) is 2. The number of rotatable bonds is 5. The van der Waals surface area contributed by atoms with Crippen LogP contribution in [0, 0.1) is 6.92 Å². The predicted molar refractivity (Wildman–Crippen MR) is 119 cm³/mol. The third-order valence-corrected chi connectivity index (χ3v) is 6.62. The van der Waals surface area contributed by atoms with E-state index in [0.717, 1.165) is 29.1 Å². The zero-order chi connectivity index (χ0) is 21.3. The third kappa shape index (κ3) is 3.97. The second-order valence-corrected chi connectivity index (χ2v) is 8.48. The van der Waals surface area contributed by atoms with Crippen LogP contribution in [0.25, 0.3) is 0 Å². The number of aryl methyl sites for hydroxylation is 2. The van der Waals surface area contributed by atoms with Gasteiger partial charge in [0, 0.05) is 17.1 Å². The molecule has 0 bridgehead atoms. The number of thioether (sulfide) groups is 1. The number of aromatic nitrogens is 3. The minimum absolute atomic E-state index is 0.138. The number of nitrogens with zero attached hydrogens (tertiary/aromatic N) is 3. The summed E-state index contributed by atoms with van der Waals surface area (Å²) >= 11 is 7.61. The summed E-state index contributed by atoms with van der Waals surface area (Å²) < 4.78 is 7.14. The maximum atomic E-state index is 13.3. The zero-order valence-electron chi connectivity index (χ0n) is 16.8. The summed E-state index contributed by atoms with van der Waals surface area (Å²) in [5.41, 5.74) is 6.01. The Morgan fingerprint density at radius 2 is 2.03 bits per heavy atom. The quantitative estimate of drug-likeness (QED) is 0.614. The van der Waals surface area contributed by atoms with Crippen LogP contribution in [0.5, 0.6) is 5.75 Å². The standard InChI is InChI=1S/C21H22ClN5O2S/c1-4-17-24-25-21-27(17)26-18(13-6-9-15(29-3)10-7-13)19(30-21)20(28)23-14-8-5-12(2)16(22)11-14/h5-11,18-19,26H,4H2,1-3H3,(H,23,28). The molecule has 0 radical (unpaired) electrons. The van der Waals surface area contributed by atoms with Gasteiger partial charge in [-0.25, -0.2) is 4.68 Å². The molecule has 0 fully saturated rings. The Kier molecular flexibility index (Phi) is 5.87. The van der Waals surface area contributed by atoms with Gasteiger partial charge in [0.2, 0.25) is 11.1 Å². The number of anilines is 1. The van der Waals surface area contributed by atoms with Crippen LogP contribution in [-0.2, 0) is 11.2 Å². The summed E-state index contributed by atoms with van der Waals surface area (Å²) in [4.78, 5) is 13.3. The van der Waals surface area contributed by atoms with Crippen molar-refractivity contribution < 1.29 is 9.53 Å². The van der Waals surface area contributed by atoms with E-state index >= 15 is 0 Å². The molecule has 1 aliphatic heterocycles. The van der Waals surface area contributed by atoms with E-state index in [1.165, 1.54) is 11.8 Å². The molecule has 1 aromatic heterocycles. The number of fused-ring (bicyclic) bond motifs is 1. The predicted octanol–water partition coefficient (Wildman–Crippen LogP) is 4.21. The van der Waals surface area contributed by atoms with E-state index in [0.29, 0.717) is 15.9 Å². The lowest BCUT2D eigenvalue weighted by Crippen LogP contribution is -2.41. The molecule has 7 nitrogen and oxygen atoms in total. The van der Waals surface area contributed by atoms with Gasteiger partial charge in [-0.2, -0.15) is 0 Å². The van der Waals surface area contributed by atoms with Gasteiger partial charge in [-0.1, -0.05) is 48.5 Å². The van der Waals surface area contributed by atoms with Gasteiger partial charge in [0.05, 0.1) is 13.2 Å². The van der Waals surface area contributed by atoms with Crippen molar-refractivity contribution in [2.75, 3.05) is 17.9 Å². The third-order valence-electron chi connectivity index (χ3n) is 4.99. The van der Waals surface area contributed by atoms with Crippen LogP contribution in [0.2, 0.25) is 5.02 Å². The van der Waals surface area contributed by atoms with Crippen LogP contribution in [0.15, 0.2) is 47.6 Å². The summed E-state index contributed by atoms with van der Waals surface area (Å²) in [5, 5.41) is 12.3. The van der Waals surface area contributed by atoms with Crippen LogP contribution < -0.4 is 15.5 Å². The average Bonchev–Trinajstić information content (AvgIpc) is 3.17. The van der Waals surface area contributed by atoms with Crippen molar-refractivity contribution in [2.45, 2.75) is 36.7 Å². The smallest absolute Gasteiger partial charge is 0.240 e. The fourth-order valence-corrected chi connectivity index (χ4v) is 4.55.